The van der Waals surface area contributed by atoms with E-state index in [2.05, 4.69) is 16.9 Å². The summed E-state index contributed by atoms with van der Waals surface area (Å²) in [6, 6.07) is -0.0310. The van der Waals surface area contributed by atoms with E-state index in [9.17, 15) is 4.79 Å². The lowest BCUT2D eigenvalue weighted by Crippen LogP contribution is -2.33. The molecule has 0 saturated carbocycles. The average Bonchev–Trinajstić information content (AvgIpc) is 2.70. The minimum absolute atomic E-state index is 0.0310. The highest BCUT2D eigenvalue weighted by atomic mass is 16.2. The van der Waals surface area contributed by atoms with Gasteiger partial charge < -0.3 is 15.6 Å². The third kappa shape index (κ3) is 4.02. The number of rotatable bonds is 6. The summed E-state index contributed by atoms with van der Waals surface area (Å²) in [5.74, 6) is 0.859. The lowest BCUT2D eigenvalue weighted by atomic mass is 10.1. The number of imidazole rings is 1. The molecule has 0 aliphatic carbocycles. The molecule has 1 heterocycles. The molecule has 5 heteroatoms. The predicted octanol–water partition coefficient (Wildman–Crippen LogP) is 0.886. The second kappa shape index (κ2) is 6.27. The van der Waals surface area contributed by atoms with Gasteiger partial charge in [0.05, 0.1) is 6.54 Å². The van der Waals surface area contributed by atoms with Crippen LogP contribution in [0.1, 0.15) is 32.0 Å². The summed E-state index contributed by atoms with van der Waals surface area (Å²) in [5.41, 5.74) is 5.83. The molecule has 1 rings (SSSR count). The van der Waals surface area contributed by atoms with E-state index in [-0.39, 0.29) is 11.9 Å². The Labute approximate surface area is 96.0 Å². The van der Waals surface area contributed by atoms with Crippen LogP contribution in [0.15, 0.2) is 12.4 Å². The summed E-state index contributed by atoms with van der Waals surface area (Å²) in [6.07, 6.45) is 5.73. The van der Waals surface area contributed by atoms with Crippen LogP contribution in [0.3, 0.4) is 0 Å². The van der Waals surface area contributed by atoms with Crippen LogP contribution in [-0.4, -0.2) is 33.9 Å². The van der Waals surface area contributed by atoms with Gasteiger partial charge in [0.1, 0.15) is 5.82 Å². The van der Waals surface area contributed by atoms with Gasteiger partial charge in [0, 0.05) is 31.9 Å². The Balaban J connectivity index is 2.36. The number of nitrogens with one attached hydrogen (secondary N) is 1. The molecule has 16 heavy (non-hydrogen) atoms. The zero-order valence-electron chi connectivity index (χ0n) is 9.94. The van der Waals surface area contributed by atoms with E-state index in [0.29, 0.717) is 13.0 Å². The summed E-state index contributed by atoms with van der Waals surface area (Å²) < 4.78 is 0. The number of nitrogens with two attached hydrogens (primary N) is 1. The highest BCUT2D eigenvalue weighted by Gasteiger charge is 2.13. The van der Waals surface area contributed by atoms with E-state index >= 15 is 0 Å². The zero-order chi connectivity index (χ0) is 12.0. The van der Waals surface area contributed by atoms with Crippen molar-refractivity contribution in [1.82, 2.24) is 14.9 Å². The Morgan fingerprint density at radius 1 is 1.69 bits per heavy atom. The highest BCUT2D eigenvalue weighted by Crippen LogP contribution is 2.03. The lowest BCUT2D eigenvalue weighted by molar-refractivity contribution is -0.130. The van der Waals surface area contributed by atoms with E-state index in [1.54, 1.807) is 24.3 Å². The third-order valence-electron chi connectivity index (χ3n) is 2.46. The molecule has 1 unspecified atom stereocenters. The van der Waals surface area contributed by atoms with E-state index in [4.69, 9.17) is 5.73 Å². The first-order chi connectivity index (χ1) is 7.63. The van der Waals surface area contributed by atoms with E-state index in [1.165, 1.54) is 0 Å². The summed E-state index contributed by atoms with van der Waals surface area (Å²) in [5, 5.41) is 0. The topological polar surface area (TPSA) is 75.0 Å². The second-order valence-corrected chi connectivity index (χ2v) is 4.04. The molecule has 1 aromatic rings. The van der Waals surface area contributed by atoms with Gasteiger partial charge in [-0.25, -0.2) is 4.98 Å². The van der Waals surface area contributed by atoms with Crippen molar-refractivity contribution < 1.29 is 4.79 Å². The first-order valence-electron chi connectivity index (χ1n) is 5.61. The molecule has 90 valence electrons. The van der Waals surface area contributed by atoms with Crippen molar-refractivity contribution in [3.05, 3.63) is 18.2 Å². The Kier molecular flexibility index (Phi) is 4.98. The SMILES string of the molecule is CCCC(N)CC(=O)N(C)Cc1ncc[nH]1. The molecular weight excluding hydrogens is 204 g/mol. The first-order valence-corrected chi connectivity index (χ1v) is 5.61. The van der Waals surface area contributed by atoms with Crippen molar-refractivity contribution in [2.45, 2.75) is 38.8 Å². The highest BCUT2D eigenvalue weighted by molar-refractivity contribution is 5.76. The van der Waals surface area contributed by atoms with Crippen molar-refractivity contribution in [3.63, 3.8) is 0 Å². The van der Waals surface area contributed by atoms with Gasteiger partial charge in [-0.3, -0.25) is 4.79 Å². The molecule has 1 aromatic heterocycles. The Bertz CT molecular complexity index is 310. The predicted molar refractivity (Wildman–Crippen MR) is 62.6 cm³/mol. The molecule has 0 aliphatic rings. The van der Waals surface area contributed by atoms with Crippen LogP contribution in [0, 0.1) is 0 Å². The molecule has 1 amide bonds. The minimum Gasteiger partial charge on any atom is -0.347 e. The van der Waals surface area contributed by atoms with Crippen LogP contribution in [0.4, 0.5) is 0 Å². The number of H-pyrrole nitrogens is 1. The maximum Gasteiger partial charge on any atom is 0.224 e. The van der Waals surface area contributed by atoms with Crippen molar-refractivity contribution in [1.29, 1.82) is 0 Å². The number of carbonyl (C=O) groups excluding carboxylic acids is 1. The monoisotopic (exact) mass is 224 g/mol. The molecule has 3 N–H and O–H groups in total. The third-order valence-corrected chi connectivity index (χ3v) is 2.46. The van der Waals surface area contributed by atoms with Crippen LogP contribution in [0.25, 0.3) is 0 Å². The van der Waals surface area contributed by atoms with Gasteiger partial charge in [0.15, 0.2) is 0 Å². The van der Waals surface area contributed by atoms with Crippen molar-refractivity contribution in [3.8, 4) is 0 Å². The van der Waals surface area contributed by atoms with Crippen LogP contribution in [0.5, 0.6) is 0 Å². The first kappa shape index (κ1) is 12.7. The fourth-order valence-corrected chi connectivity index (χ4v) is 1.55. The number of aromatic amines is 1. The second-order valence-electron chi connectivity index (χ2n) is 4.04. The number of aromatic nitrogens is 2. The quantitative estimate of drug-likeness (QED) is 0.753. The number of hydrogen-bond donors (Lipinski definition) is 2. The van der Waals surface area contributed by atoms with Gasteiger partial charge in [-0.1, -0.05) is 13.3 Å². The number of amides is 1. The molecule has 0 spiro atoms. The lowest BCUT2D eigenvalue weighted by Gasteiger charge is -2.18. The number of hydrogen-bond acceptors (Lipinski definition) is 3. The Hall–Kier alpha value is -1.36. The maximum atomic E-state index is 11.8. The van der Waals surface area contributed by atoms with Crippen LogP contribution in [0.2, 0.25) is 0 Å². The van der Waals surface area contributed by atoms with Crippen molar-refractivity contribution in [2.24, 2.45) is 5.73 Å². The summed E-state index contributed by atoms with van der Waals surface area (Å²) in [4.78, 5) is 20.4. The smallest absolute Gasteiger partial charge is 0.224 e. The van der Waals surface area contributed by atoms with Gasteiger partial charge in [-0.2, -0.15) is 0 Å². The van der Waals surface area contributed by atoms with Gasteiger partial charge >= 0.3 is 0 Å². The van der Waals surface area contributed by atoms with Gasteiger partial charge in [0.2, 0.25) is 5.91 Å². The fraction of sp³-hybridized carbons (Fsp3) is 0.636. The summed E-state index contributed by atoms with van der Waals surface area (Å²) >= 11 is 0. The maximum absolute atomic E-state index is 11.8. The molecular formula is C11H20N4O. The Morgan fingerprint density at radius 3 is 3.00 bits per heavy atom. The molecule has 0 radical (unpaired) electrons. The standard InChI is InChI=1S/C11H20N4O/c1-3-4-9(12)7-11(16)15(2)8-10-13-5-6-14-10/h5-6,9H,3-4,7-8,12H2,1-2H3,(H,13,14). The molecule has 5 nitrogen and oxygen atoms in total. The average molecular weight is 224 g/mol. The van der Waals surface area contributed by atoms with E-state index in [0.717, 1.165) is 18.7 Å². The summed E-state index contributed by atoms with van der Waals surface area (Å²) in [7, 11) is 1.77. The molecule has 0 aromatic carbocycles. The van der Waals surface area contributed by atoms with Gasteiger partial charge in [0.25, 0.3) is 0 Å². The molecule has 0 aliphatic heterocycles. The number of carbonyl (C=O) groups is 1. The van der Waals surface area contributed by atoms with Gasteiger partial charge in [-0.15, -0.1) is 0 Å². The summed E-state index contributed by atoms with van der Waals surface area (Å²) in [6.45, 7) is 2.57. The molecule has 0 fully saturated rings. The van der Waals surface area contributed by atoms with E-state index < -0.39 is 0 Å². The van der Waals surface area contributed by atoms with Crippen LogP contribution >= 0.6 is 0 Å². The van der Waals surface area contributed by atoms with Crippen molar-refractivity contribution >= 4 is 5.91 Å². The number of nitrogens with zero attached hydrogens (tertiary/aromatic N) is 2. The van der Waals surface area contributed by atoms with E-state index in [1.807, 2.05) is 0 Å². The normalized spacial score (nSPS) is 12.4. The molecule has 0 bridgehead atoms. The van der Waals surface area contributed by atoms with Crippen LogP contribution < -0.4 is 5.73 Å². The zero-order valence-corrected chi connectivity index (χ0v) is 9.94. The largest absolute Gasteiger partial charge is 0.347 e. The molecule has 1 atom stereocenters. The van der Waals surface area contributed by atoms with Gasteiger partial charge in [-0.05, 0) is 6.42 Å². The Morgan fingerprint density at radius 2 is 2.44 bits per heavy atom. The minimum atomic E-state index is -0.0310. The molecule has 0 saturated heterocycles. The fourth-order valence-electron chi connectivity index (χ4n) is 1.55. The van der Waals surface area contributed by atoms with Crippen LogP contribution in [-0.2, 0) is 11.3 Å². The van der Waals surface area contributed by atoms with Crippen molar-refractivity contribution in [2.75, 3.05) is 7.05 Å².